The quantitative estimate of drug-likeness (QED) is 0.885. The second-order valence-corrected chi connectivity index (χ2v) is 6.93. The molecule has 0 radical (unpaired) electrons. The topological polar surface area (TPSA) is 55.4 Å². The lowest BCUT2D eigenvalue weighted by Crippen LogP contribution is -2.33. The number of rotatable bonds is 5. The summed E-state index contributed by atoms with van der Waals surface area (Å²) in [4.78, 5) is 0. The Morgan fingerprint density at radius 1 is 1.33 bits per heavy atom. The highest BCUT2D eigenvalue weighted by Gasteiger charge is 2.27. The highest BCUT2D eigenvalue weighted by Crippen LogP contribution is 2.27. The van der Waals surface area contributed by atoms with Gasteiger partial charge in [-0.25, -0.2) is 8.42 Å². The summed E-state index contributed by atoms with van der Waals surface area (Å²) in [6, 6.07) is 5.46. The zero-order chi connectivity index (χ0) is 13.9. The van der Waals surface area contributed by atoms with Crippen molar-refractivity contribution >= 4 is 9.84 Å². The first-order valence-corrected chi connectivity index (χ1v) is 7.77. The van der Waals surface area contributed by atoms with Crippen LogP contribution in [0.15, 0.2) is 18.2 Å². The highest BCUT2D eigenvalue weighted by molar-refractivity contribution is 7.91. The second kappa shape index (κ2) is 5.71. The van der Waals surface area contributed by atoms with Gasteiger partial charge in [0, 0.05) is 12.3 Å². The van der Waals surface area contributed by atoms with Crippen molar-refractivity contribution in [2.24, 2.45) is 0 Å². The molecule has 0 spiro atoms. The lowest BCUT2D eigenvalue weighted by atomic mass is 9.99. The number of sulfone groups is 1. The number of benzene rings is 1. The Balaban J connectivity index is 3.18. The minimum Gasteiger partial charge on any atom is -0.497 e. The van der Waals surface area contributed by atoms with Gasteiger partial charge in [0.05, 0.1) is 12.4 Å². The summed E-state index contributed by atoms with van der Waals surface area (Å²) in [5.74, 6) is 0.776. The number of hydrogen-bond donors (Lipinski definition) is 1. The van der Waals surface area contributed by atoms with Crippen LogP contribution in [0, 0.1) is 6.92 Å². The molecule has 0 bridgehead atoms. The normalized spacial score (nSPS) is 15.2. The third kappa shape index (κ3) is 3.23. The molecule has 0 saturated carbocycles. The van der Waals surface area contributed by atoms with Gasteiger partial charge >= 0.3 is 0 Å². The Kier molecular flexibility index (Phi) is 4.76. The van der Waals surface area contributed by atoms with E-state index in [9.17, 15) is 8.42 Å². The van der Waals surface area contributed by atoms with Gasteiger partial charge in [0.1, 0.15) is 5.75 Å². The van der Waals surface area contributed by atoms with Crippen molar-refractivity contribution in [3.63, 3.8) is 0 Å². The van der Waals surface area contributed by atoms with Gasteiger partial charge in [-0.2, -0.15) is 0 Å². The zero-order valence-corrected chi connectivity index (χ0v) is 12.3. The Morgan fingerprint density at radius 2 is 1.94 bits per heavy atom. The lowest BCUT2D eigenvalue weighted by Gasteiger charge is -2.24. The van der Waals surface area contributed by atoms with Crippen LogP contribution in [0.1, 0.15) is 24.1 Å². The SMILES string of the molecule is CNC(c1ccc(OC)cc1C)C(C)S(C)(=O)=O. The van der Waals surface area contributed by atoms with Crippen molar-refractivity contribution in [3.8, 4) is 5.75 Å². The Bertz CT molecular complexity index is 511. The summed E-state index contributed by atoms with van der Waals surface area (Å²) >= 11 is 0. The Labute approximate surface area is 109 Å². The standard InChI is InChI=1S/C13H21NO3S/c1-9-8-11(17-4)6-7-12(9)13(14-3)10(2)18(5,15)16/h6-8,10,13-14H,1-5H3. The molecule has 5 heteroatoms. The van der Waals surface area contributed by atoms with Gasteiger partial charge < -0.3 is 10.1 Å². The van der Waals surface area contributed by atoms with E-state index in [0.717, 1.165) is 16.9 Å². The summed E-state index contributed by atoms with van der Waals surface area (Å²) in [6.07, 6.45) is 1.26. The molecular weight excluding hydrogens is 250 g/mol. The van der Waals surface area contributed by atoms with Gasteiger partial charge in [0.25, 0.3) is 0 Å². The van der Waals surface area contributed by atoms with Gasteiger partial charge in [0.2, 0.25) is 0 Å². The van der Waals surface area contributed by atoms with Crippen LogP contribution in [0.2, 0.25) is 0 Å². The smallest absolute Gasteiger partial charge is 0.151 e. The van der Waals surface area contributed by atoms with Crippen molar-refractivity contribution in [2.45, 2.75) is 25.1 Å². The van der Waals surface area contributed by atoms with E-state index in [0.29, 0.717) is 0 Å². The predicted molar refractivity (Wildman–Crippen MR) is 73.8 cm³/mol. The molecule has 0 aliphatic rings. The first kappa shape index (κ1) is 15.0. The molecule has 0 saturated heterocycles. The fourth-order valence-corrected chi connectivity index (χ4v) is 2.79. The summed E-state index contributed by atoms with van der Waals surface area (Å²) in [5.41, 5.74) is 2.00. The Hall–Kier alpha value is -1.07. The van der Waals surface area contributed by atoms with Crippen molar-refractivity contribution in [2.75, 3.05) is 20.4 Å². The molecule has 2 unspecified atom stereocenters. The Morgan fingerprint density at radius 3 is 2.33 bits per heavy atom. The summed E-state index contributed by atoms with van der Waals surface area (Å²) < 4.78 is 28.5. The zero-order valence-electron chi connectivity index (χ0n) is 11.5. The molecule has 0 aromatic heterocycles. The molecule has 1 N–H and O–H groups in total. The van der Waals surface area contributed by atoms with E-state index in [2.05, 4.69) is 5.32 Å². The van der Waals surface area contributed by atoms with E-state index in [1.165, 1.54) is 6.26 Å². The lowest BCUT2D eigenvalue weighted by molar-refractivity contribution is 0.414. The maximum atomic E-state index is 11.7. The van der Waals surface area contributed by atoms with Crippen molar-refractivity contribution in [1.82, 2.24) is 5.32 Å². The molecule has 0 heterocycles. The minimum atomic E-state index is -3.09. The largest absolute Gasteiger partial charge is 0.497 e. The van der Waals surface area contributed by atoms with Crippen LogP contribution >= 0.6 is 0 Å². The van der Waals surface area contributed by atoms with Crippen LogP contribution in [0.5, 0.6) is 5.75 Å². The molecule has 2 atom stereocenters. The fraction of sp³-hybridized carbons (Fsp3) is 0.538. The van der Waals surface area contributed by atoms with Crippen LogP contribution in [-0.4, -0.2) is 34.1 Å². The first-order chi connectivity index (χ1) is 8.31. The van der Waals surface area contributed by atoms with Gasteiger partial charge in [0.15, 0.2) is 9.84 Å². The highest BCUT2D eigenvalue weighted by atomic mass is 32.2. The van der Waals surface area contributed by atoms with E-state index >= 15 is 0 Å². The minimum absolute atomic E-state index is 0.217. The molecular formula is C13H21NO3S. The third-order valence-corrected chi connectivity index (χ3v) is 4.89. The predicted octanol–water partition coefficient (Wildman–Crippen LogP) is 1.70. The molecule has 102 valence electrons. The van der Waals surface area contributed by atoms with Crippen LogP contribution in [0.4, 0.5) is 0 Å². The van der Waals surface area contributed by atoms with Crippen LogP contribution in [0.25, 0.3) is 0 Å². The van der Waals surface area contributed by atoms with Crippen LogP contribution in [-0.2, 0) is 9.84 Å². The monoisotopic (exact) mass is 271 g/mol. The molecule has 1 rings (SSSR count). The van der Waals surface area contributed by atoms with E-state index in [4.69, 9.17) is 4.74 Å². The van der Waals surface area contributed by atoms with Gasteiger partial charge in [-0.3, -0.25) is 0 Å². The van der Waals surface area contributed by atoms with Gasteiger partial charge in [-0.15, -0.1) is 0 Å². The van der Waals surface area contributed by atoms with Gasteiger partial charge in [-0.1, -0.05) is 6.07 Å². The molecule has 0 aliphatic heterocycles. The number of ether oxygens (including phenoxy) is 1. The molecule has 1 aromatic carbocycles. The summed E-state index contributed by atoms with van der Waals surface area (Å²) in [6.45, 7) is 3.68. The number of aryl methyl sites for hydroxylation is 1. The van der Waals surface area contributed by atoms with Gasteiger partial charge in [-0.05, 0) is 44.2 Å². The number of methoxy groups -OCH3 is 1. The van der Waals surface area contributed by atoms with E-state index < -0.39 is 15.1 Å². The number of nitrogens with one attached hydrogen (secondary N) is 1. The van der Waals surface area contributed by atoms with Crippen molar-refractivity contribution < 1.29 is 13.2 Å². The summed E-state index contributed by atoms with van der Waals surface area (Å²) in [5, 5.41) is 2.61. The fourth-order valence-electron chi connectivity index (χ4n) is 2.01. The number of hydrogen-bond acceptors (Lipinski definition) is 4. The van der Waals surface area contributed by atoms with E-state index in [1.54, 1.807) is 21.1 Å². The van der Waals surface area contributed by atoms with Crippen molar-refractivity contribution in [1.29, 1.82) is 0 Å². The molecule has 4 nitrogen and oxygen atoms in total. The van der Waals surface area contributed by atoms with Crippen molar-refractivity contribution in [3.05, 3.63) is 29.3 Å². The average Bonchev–Trinajstić information content (AvgIpc) is 2.30. The third-order valence-electron chi connectivity index (χ3n) is 3.27. The average molecular weight is 271 g/mol. The molecule has 0 aliphatic carbocycles. The second-order valence-electron chi connectivity index (χ2n) is 4.52. The first-order valence-electron chi connectivity index (χ1n) is 5.82. The molecule has 1 aromatic rings. The van der Waals surface area contributed by atoms with Crippen LogP contribution in [0.3, 0.4) is 0 Å². The maximum absolute atomic E-state index is 11.7. The maximum Gasteiger partial charge on any atom is 0.151 e. The van der Waals surface area contributed by atoms with Crippen LogP contribution < -0.4 is 10.1 Å². The van der Waals surface area contributed by atoms with E-state index in [1.807, 2.05) is 25.1 Å². The molecule has 18 heavy (non-hydrogen) atoms. The molecule has 0 amide bonds. The van der Waals surface area contributed by atoms with E-state index in [-0.39, 0.29) is 6.04 Å². The molecule has 0 fully saturated rings. The summed E-state index contributed by atoms with van der Waals surface area (Å²) in [7, 11) is 0.300.